The SMILES string of the molecule is c1cn(-c2cc(N3CCC[C@@H]4CCCC[C@@H]43)ncn2)cn1. The Morgan fingerprint density at radius 1 is 1.00 bits per heavy atom. The molecule has 110 valence electrons. The molecule has 21 heavy (non-hydrogen) atoms. The summed E-state index contributed by atoms with van der Waals surface area (Å²) in [5.74, 6) is 2.83. The Bertz CT molecular complexity index is 592. The second-order valence-electron chi connectivity index (χ2n) is 6.15. The molecule has 0 N–H and O–H groups in total. The first-order valence-electron chi connectivity index (χ1n) is 7.99. The summed E-state index contributed by atoms with van der Waals surface area (Å²) in [5, 5.41) is 0. The molecule has 1 saturated carbocycles. The highest BCUT2D eigenvalue weighted by molar-refractivity contribution is 5.45. The summed E-state index contributed by atoms with van der Waals surface area (Å²) < 4.78 is 1.94. The lowest BCUT2D eigenvalue weighted by Gasteiger charge is -2.44. The minimum atomic E-state index is 0.679. The fraction of sp³-hybridized carbons (Fsp3) is 0.562. The molecule has 2 aromatic heterocycles. The molecule has 5 nitrogen and oxygen atoms in total. The lowest BCUT2D eigenvalue weighted by molar-refractivity contribution is 0.242. The highest BCUT2D eigenvalue weighted by Crippen LogP contribution is 2.37. The van der Waals surface area contributed by atoms with E-state index in [1.807, 2.05) is 10.8 Å². The molecule has 1 saturated heterocycles. The maximum atomic E-state index is 4.55. The third kappa shape index (κ3) is 2.41. The predicted octanol–water partition coefficient (Wildman–Crippen LogP) is 2.82. The molecule has 3 heterocycles. The van der Waals surface area contributed by atoms with Crippen LogP contribution in [0.2, 0.25) is 0 Å². The van der Waals surface area contributed by atoms with Crippen molar-refractivity contribution < 1.29 is 0 Å². The highest BCUT2D eigenvalue weighted by atomic mass is 15.2. The second kappa shape index (κ2) is 5.47. The first kappa shape index (κ1) is 12.8. The van der Waals surface area contributed by atoms with Gasteiger partial charge in [0.05, 0.1) is 0 Å². The zero-order chi connectivity index (χ0) is 14.1. The standard InChI is InChI=1S/C16H21N5/c1-2-6-14-13(4-1)5-3-8-21(14)16-10-15(18-11-19-16)20-9-7-17-12-20/h7,9-14H,1-6,8H2/t13-,14-/m0/s1. The van der Waals surface area contributed by atoms with Gasteiger partial charge in [0, 0.05) is 31.0 Å². The largest absolute Gasteiger partial charge is 0.353 e. The number of nitrogens with zero attached hydrogens (tertiary/aromatic N) is 5. The fourth-order valence-electron chi connectivity index (χ4n) is 3.94. The molecule has 0 radical (unpaired) electrons. The minimum Gasteiger partial charge on any atom is -0.353 e. The smallest absolute Gasteiger partial charge is 0.143 e. The second-order valence-corrected chi connectivity index (χ2v) is 6.15. The van der Waals surface area contributed by atoms with Crippen molar-refractivity contribution >= 4 is 5.82 Å². The molecule has 0 spiro atoms. The summed E-state index contributed by atoms with van der Waals surface area (Å²) in [6.45, 7) is 1.13. The Morgan fingerprint density at radius 3 is 2.76 bits per heavy atom. The number of hydrogen-bond acceptors (Lipinski definition) is 4. The number of fused-ring (bicyclic) bond motifs is 1. The molecule has 2 aliphatic rings. The third-order valence-corrected chi connectivity index (χ3v) is 4.94. The van der Waals surface area contributed by atoms with Gasteiger partial charge in [0.2, 0.25) is 0 Å². The summed E-state index contributed by atoms with van der Waals surface area (Å²) in [4.78, 5) is 15.5. The number of hydrogen-bond donors (Lipinski definition) is 0. The fourth-order valence-corrected chi connectivity index (χ4v) is 3.94. The Kier molecular flexibility index (Phi) is 3.33. The van der Waals surface area contributed by atoms with Gasteiger partial charge in [-0.1, -0.05) is 12.8 Å². The monoisotopic (exact) mass is 283 g/mol. The van der Waals surface area contributed by atoms with Gasteiger partial charge in [0.1, 0.15) is 24.3 Å². The van der Waals surface area contributed by atoms with E-state index >= 15 is 0 Å². The van der Waals surface area contributed by atoms with Crippen molar-refractivity contribution in [2.24, 2.45) is 5.92 Å². The molecule has 5 heteroatoms. The molecule has 1 aliphatic heterocycles. The third-order valence-electron chi connectivity index (χ3n) is 4.94. The van der Waals surface area contributed by atoms with Crippen LogP contribution < -0.4 is 4.90 Å². The van der Waals surface area contributed by atoms with E-state index in [2.05, 4.69) is 25.9 Å². The van der Waals surface area contributed by atoms with Crippen LogP contribution in [0.3, 0.4) is 0 Å². The maximum absolute atomic E-state index is 4.55. The van der Waals surface area contributed by atoms with Gasteiger partial charge in [-0.25, -0.2) is 15.0 Å². The van der Waals surface area contributed by atoms with Crippen LogP contribution in [0.15, 0.2) is 31.1 Å². The number of piperidine rings is 1. The van der Waals surface area contributed by atoms with Gasteiger partial charge in [0.25, 0.3) is 0 Å². The van der Waals surface area contributed by atoms with E-state index in [9.17, 15) is 0 Å². The van der Waals surface area contributed by atoms with Crippen molar-refractivity contribution in [3.05, 3.63) is 31.1 Å². The van der Waals surface area contributed by atoms with E-state index in [0.29, 0.717) is 6.04 Å². The summed E-state index contributed by atoms with van der Waals surface area (Å²) in [5.41, 5.74) is 0. The van der Waals surface area contributed by atoms with Crippen molar-refractivity contribution in [3.63, 3.8) is 0 Å². The highest BCUT2D eigenvalue weighted by Gasteiger charge is 2.33. The molecule has 2 atom stereocenters. The van der Waals surface area contributed by atoms with Gasteiger partial charge in [0.15, 0.2) is 0 Å². The van der Waals surface area contributed by atoms with Gasteiger partial charge < -0.3 is 4.90 Å². The lowest BCUT2D eigenvalue weighted by atomic mass is 9.78. The first-order chi connectivity index (χ1) is 10.4. The Hall–Kier alpha value is -1.91. The molecule has 0 unspecified atom stereocenters. The Morgan fingerprint density at radius 2 is 1.86 bits per heavy atom. The van der Waals surface area contributed by atoms with Crippen molar-refractivity contribution in [1.29, 1.82) is 0 Å². The quantitative estimate of drug-likeness (QED) is 0.850. The summed E-state index contributed by atoms with van der Waals surface area (Å²) in [6.07, 6.45) is 15.3. The molecular formula is C16H21N5. The van der Waals surface area contributed by atoms with Gasteiger partial charge in [-0.05, 0) is 31.6 Å². The van der Waals surface area contributed by atoms with E-state index in [1.165, 1.54) is 38.5 Å². The van der Waals surface area contributed by atoms with E-state index in [1.54, 1.807) is 18.9 Å². The van der Waals surface area contributed by atoms with Crippen LogP contribution in [0.25, 0.3) is 5.82 Å². The van der Waals surface area contributed by atoms with Gasteiger partial charge in [-0.2, -0.15) is 0 Å². The van der Waals surface area contributed by atoms with Crippen LogP contribution in [0.4, 0.5) is 5.82 Å². The Balaban J connectivity index is 1.64. The minimum absolute atomic E-state index is 0.679. The van der Waals surface area contributed by atoms with Crippen LogP contribution in [-0.4, -0.2) is 32.1 Å². The average molecular weight is 283 g/mol. The molecule has 0 amide bonds. The van der Waals surface area contributed by atoms with E-state index in [4.69, 9.17) is 0 Å². The van der Waals surface area contributed by atoms with E-state index in [0.717, 1.165) is 24.1 Å². The zero-order valence-corrected chi connectivity index (χ0v) is 12.2. The summed E-state index contributed by atoms with van der Waals surface area (Å²) in [6, 6.07) is 2.77. The summed E-state index contributed by atoms with van der Waals surface area (Å²) >= 11 is 0. The van der Waals surface area contributed by atoms with Crippen molar-refractivity contribution in [1.82, 2.24) is 19.5 Å². The lowest BCUT2D eigenvalue weighted by Crippen LogP contribution is -2.47. The molecule has 0 aromatic carbocycles. The number of anilines is 1. The normalized spacial score (nSPS) is 25.6. The number of imidazole rings is 1. The van der Waals surface area contributed by atoms with Crippen LogP contribution in [0.1, 0.15) is 38.5 Å². The molecule has 2 fully saturated rings. The average Bonchev–Trinajstić information content (AvgIpc) is 3.09. The molecule has 0 bridgehead atoms. The zero-order valence-electron chi connectivity index (χ0n) is 12.2. The van der Waals surface area contributed by atoms with Crippen LogP contribution in [0, 0.1) is 5.92 Å². The maximum Gasteiger partial charge on any atom is 0.143 e. The molecule has 2 aromatic rings. The molecule has 4 rings (SSSR count). The predicted molar refractivity (Wildman–Crippen MR) is 81.5 cm³/mol. The van der Waals surface area contributed by atoms with Crippen molar-refractivity contribution in [2.45, 2.75) is 44.6 Å². The van der Waals surface area contributed by atoms with Gasteiger partial charge >= 0.3 is 0 Å². The first-order valence-corrected chi connectivity index (χ1v) is 7.99. The van der Waals surface area contributed by atoms with Crippen molar-refractivity contribution in [2.75, 3.05) is 11.4 Å². The van der Waals surface area contributed by atoms with Gasteiger partial charge in [-0.3, -0.25) is 4.57 Å². The number of aromatic nitrogens is 4. The van der Waals surface area contributed by atoms with Crippen molar-refractivity contribution in [3.8, 4) is 5.82 Å². The van der Waals surface area contributed by atoms with E-state index in [-0.39, 0.29) is 0 Å². The molecular weight excluding hydrogens is 262 g/mol. The summed E-state index contributed by atoms with van der Waals surface area (Å²) in [7, 11) is 0. The Labute approximate surface area is 125 Å². The van der Waals surface area contributed by atoms with Crippen LogP contribution in [0.5, 0.6) is 0 Å². The van der Waals surface area contributed by atoms with E-state index < -0.39 is 0 Å². The van der Waals surface area contributed by atoms with Gasteiger partial charge in [-0.15, -0.1) is 0 Å². The topological polar surface area (TPSA) is 46.8 Å². The number of rotatable bonds is 2. The molecule has 1 aliphatic carbocycles. The van der Waals surface area contributed by atoms with Crippen LogP contribution in [-0.2, 0) is 0 Å². The van der Waals surface area contributed by atoms with Crippen LogP contribution >= 0.6 is 0 Å².